The second kappa shape index (κ2) is 6.48. The third kappa shape index (κ3) is 3.64. The predicted octanol–water partition coefficient (Wildman–Crippen LogP) is 2.17. The van der Waals surface area contributed by atoms with Gasteiger partial charge in [0.25, 0.3) is 5.56 Å². The molecule has 0 atom stereocenters. The van der Waals surface area contributed by atoms with Crippen LogP contribution in [0.1, 0.15) is 26.7 Å². The van der Waals surface area contributed by atoms with E-state index in [4.69, 9.17) is 0 Å². The van der Waals surface area contributed by atoms with Gasteiger partial charge in [0.15, 0.2) is 0 Å². The first-order valence-electron chi connectivity index (χ1n) is 6.86. The molecule has 1 N–H and O–H groups in total. The van der Waals surface area contributed by atoms with Gasteiger partial charge in [0.05, 0.1) is 17.2 Å². The molecule has 1 aromatic heterocycles. The van der Waals surface area contributed by atoms with E-state index in [-0.39, 0.29) is 5.56 Å². The lowest BCUT2D eigenvalue weighted by atomic mass is 10.2. The molecule has 0 radical (unpaired) electrons. The van der Waals surface area contributed by atoms with Gasteiger partial charge in [-0.05, 0) is 31.5 Å². The lowest BCUT2D eigenvalue weighted by Gasteiger charge is -2.10. The molecule has 2 rings (SSSR count). The molecule has 4 heteroatoms. The van der Waals surface area contributed by atoms with Crippen LogP contribution in [0.4, 0.5) is 0 Å². The van der Waals surface area contributed by atoms with Crippen LogP contribution in [0, 0.1) is 0 Å². The minimum atomic E-state index is -0.0180. The highest BCUT2D eigenvalue weighted by Gasteiger charge is 2.03. The molecule has 0 bridgehead atoms. The number of benzene rings is 1. The molecule has 0 aliphatic carbocycles. The smallest absolute Gasteiger partial charge is 0.269 e. The summed E-state index contributed by atoms with van der Waals surface area (Å²) in [6, 6.07) is 8.29. The SMILES string of the molecule is CC(C)NCCCCn1c(=O)cnc2ccccc21. The van der Waals surface area contributed by atoms with E-state index in [1.807, 2.05) is 28.8 Å². The number of hydrogen-bond acceptors (Lipinski definition) is 3. The molecule has 0 fully saturated rings. The molecule has 0 saturated heterocycles. The van der Waals surface area contributed by atoms with Crippen molar-refractivity contribution in [3.05, 3.63) is 40.8 Å². The zero-order valence-corrected chi connectivity index (χ0v) is 11.6. The van der Waals surface area contributed by atoms with Gasteiger partial charge in [-0.1, -0.05) is 26.0 Å². The number of aromatic nitrogens is 2. The van der Waals surface area contributed by atoms with Crippen LogP contribution < -0.4 is 10.9 Å². The van der Waals surface area contributed by atoms with Crippen molar-refractivity contribution in [1.29, 1.82) is 0 Å². The molecule has 19 heavy (non-hydrogen) atoms. The molecular weight excluding hydrogens is 238 g/mol. The fourth-order valence-corrected chi connectivity index (χ4v) is 2.13. The molecule has 4 nitrogen and oxygen atoms in total. The van der Waals surface area contributed by atoms with Crippen LogP contribution in [-0.2, 0) is 6.54 Å². The normalized spacial score (nSPS) is 11.3. The van der Waals surface area contributed by atoms with E-state index in [1.165, 1.54) is 6.20 Å². The Bertz CT molecular complexity index is 589. The Balaban J connectivity index is 2.04. The second-order valence-corrected chi connectivity index (χ2v) is 5.05. The zero-order chi connectivity index (χ0) is 13.7. The molecule has 102 valence electrons. The number of hydrogen-bond donors (Lipinski definition) is 1. The Morgan fingerprint density at radius 1 is 1.26 bits per heavy atom. The number of rotatable bonds is 6. The minimum Gasteiger partial charge on any atom is -0.315 e. The largest absolute Gasteiger partial charge is 0.315 e. The molecule has 2 aromatic rings. The van der Waals surface area contributed by atoms with Crippen molar-refractivity contribution in [2.75, 3.05) is 6.54 Å². The summed E-state index contributed by atoms with van der Waals surface area (Å²) in [6.07, 6.45) is 3.48. The monoisotopic (exact) mass is 259 g/mol. The summed E-state index contributed by atoms with van der Waals surface area (Å²) in [5.41, 5.74) is 1.78. The lowest BCUT2D eigenvalue weighted by Crippen LogP contribution is -2.25. The van der Waals surface area contributed by atoms with Crippen molar-refractivity contribution >= 4 is 11.0 Å². The molecule has 1 heterocycles. The molecule has 0 unspecified atom stereocenters. The molecule has 0 amide bonds. The highest BCUT2D eigenvalue weighted by atomic mass is 16.1. The summed E-state index contributed by atoms with van der Waals surface area (Å²) >= 11 is 0. The van der Waals surface area contributed by atoms with Gasteiger partial charge in [-0.25, -0.2) is 4.98 Å². The topological polar surface area (TPSA) is 46.9 Å². The van der Waals surface area contributed by atoms with Crippen LogP contribution in [0.25, 0.3) is 11.0 Å². The van der Waals surface area contributed by atoms with Crippen LogP contribution in [0.15, 0.2) is 35.3 Å². The van der Waals surface area contributed by atoms with E-state index >= 15 is 0 Å². The first-order chi connectivity index (χ1) is 9.18. The summed E-state index contributed by atoms with van der Waals surface area (Å²) in [7, 11) is 0. The Morgan fingerprint density at radius 3 is 2.84 bits per heavy atom. The third-order valence-corrected chi connectivity index (χ3v) is 3.11. The van der Waals surface area contributed by atoms with Gasteiger partial charge in [0, 0.05) is 12.6 Å². The summed E-state index contributed by atoms with van der Waals surface area (Å²) in [4.78, 5) is 16.1. The van der Waals surface area contributed by atoms with E-state index in [0.717, 1.165) is 37.0 Å². The van der Waals surface area contributed by atoms with E-state index in [2.05, 4.69) is 24.1 Å². The Hall–Kier alpha value is -1.68. The van der Waals surface area contributed by atoms with Crippen molar-refractivity contribution < 1.29 is 0 Å². The highest BCUT2D eigenvalue weighted by molar-refractivity contribution is 5.74. The first-order valence-corrected chi connectivity index (χ1v) is 6.86. The Labute approximate surface area is 113 Å². The molecule has 0 spiro atoms. The second-order valence-electron chi connectivity index (χ2n) is 5.05. The molecule has 0 aliphatic rings. The van der Waals surface area contributed by atoms with E-state index in [1.54, 1.807) is 0 Å². The van der Waals surface area contributed by atoms with Gasteiger partial charge in [0.1, 0.15) is 0 Å². The Kier molecular flexibility index (Phi) is 4.68. The first kappa shape index (κ1) is 13.7. The number of aryl methyl sites for hydroxylation is 1. The van der Waals surface area contributed by atoms with E-state index in [0.29, 0.717) is 6.04 Å². The highest BCUT2D eigenvalue weighted by Crippen LogP contribution is 2.08. The van der Waals surface area contributed by atoms with Gasteiger partial charge in [-0.15, -0.1) is 0 Å². The van der Waals surface area contributed by atoms with Crippen molar-refractivity contribution in [3.63, 3.8) is 0 Å². The van der Waals surface area contributed by atoms with Gasteiger partial charge < -0.3 is 9.88 Å². The maximum atomic E-state index is 11.9. The van der Waals surface area contributed by atoms with Crippen LogP contribution in [0.5, 0.6) is 0 Å². The van der Waals surface area contributed by atoms with E-state index in [9.17, 15) is 4.79 Å². The van der Waals surface area contributed by atoms with Crippen LogP contribution >= 0.6 is 0 Å². The maximum absolute atomic E-state index is 11.9. The van der Waals surface area contributed by atoms with Gasteiger partial charge in [-0.2, -0.15) is 0 Å². The quantitative estimate of drug-likeness (QED) is 0.809. The van der Waals surface area contributed by atoms with Crippen molar-refractivity contribution in [2.24, 2.45) is 0 Å². The molecule has 0 aliphatic heterocycles. The minimum absolute atomic E-state index is 0.0180. The third-order valence-electron chi connectivity index (χ3n) is 3.11. The van der Waals surface area contributed by atoms with Crippen LogP contribution in [0.3, 0.4) is 0 Å². The number of fused-ring (bicyclic) bond motifs is 1. The summed E-state index contributed by atoms with van der Waals surface area (Å²) in [5, 5.41) is 3.38. The molecule has 1 aromatic carbocycles. The zero-order valence-electron chi connectivity index (χ0n) is 11.6. The van der Waals surface area contributed by atoms with Crippen molar-refractivity contribution in [1.82, 2.24) is 14.9 Å². The maximum Gasteiger partial charge on any atom is 0.269 e. The number of nitrogens with one attached hydrogen (secondary N) is 1. The van der Waals surface area contributed by atoms with Gasteiger partial charge in [0.2, 0.25) is 0 Å². The fourth-order valence-electron chi connectivity index (χ4n) is 2.13. The van der Waals surface area contributed by atoms with Crippen molar-refractivity contribution in [3.8, 4) is 0 Å². The van der Waals surface area contributed by atoms with Crippen LogP contribution in [-0.4, -0.2) is 22.1 Å². The average molecular weight is 259 g/mol. The predicted molar refractivity (Wildman–Crippen MR) is 78.4 cm³/mol. The Morgan fingerprint density at radius 2 is 2.05 bits per heavy atom. The van der Waals surface area contributed by atoms with E-state index < -0.39 is 0 Å². The van der Waals surface area contributed by atoms with Crippen LogP contribution in [0.2, 0.25) is 0 Å². The molecular formula is C15H21N3O. The summed E-state index contributed by atoms with van der Waals surface area (Å²) < 4.78 is 1.82. The van der Waals surface area contributed by atoms with Crippen molar-refractivity contribution in [2.45, 2.75) is 39.3 Å². The number of unbranched alkanes of at least 4 members (excludes halogenated alkanes) is 1. The number of nitrogens with zero attached hydrogens (tertiary/aromatic N) is 2. The number of para-hydroxylation sites is 2. The lowest BCUT2D eigenvalue weighted by molar-refractivity contribution is 0.531. The van der Waals surface area contributed by atoms with Gasteiger partial charge in [-0.3, -0.25) is 4.79 Å². The summed E-state index contributed by atoms with van der Waals surface area (Å²) in [5.74, 6) is 0. The average Bonchev–Trinajstić information content (AvgIpc) is 2.40. The summed E-state index contributed by atoms with van der Waals surface area (Å²) in [6.45, 7) is 6.03. The molecule has 0 saturated carbocycles. The standard InChI is InChI=1S/C15H21N3O/c1-12(2)16-9-5-6-10-18-14-8-4-3-7-13(14)17-11-15(18)19/h3-4,7-8,11-12,16H,5-6,9-10H2,1-2H3. The van der Waals surface area contributed by atoms with Gasteiger partial charge >= 0.3 is 0 Å². The fraction of sp³-hybridized carbons (Fsp3) is 0.467.